The topological polar surface area (TPSA) is 156 Å². The lowest BCUT2D eigenvalue weighted by Crippen LogP contribution is -2.33. The zero-order valence-corrected chi connectivity index (χ0v) is 17.7. The first kappa shape index (κ1) is 27.1. The van der Waals surface area contributed by atoms with Crippen molar-refractivity contribution < 1.29 is 14.3 Å². The third-order valence-corrected chi connectivity index (χ3v) is 4.14. The van der Waals surface area contributed by atoms with Gasteiger partial charge in [0.05, 0.1) is 6.34 Å². The van der Waals surface area contributed by atoms with Crippen molar-refractivity contribution in [3.63, 3.8) is 0 Å². The van der Waals surface area contributed by atoms with Gasteiger partial charge in [-0.2, -0.15) is 0 Å². The van der Waals surface area contributed by atoms with Crippen LogP contribution >= 0.6 is 0 Å². The maximum Gasteiger partial charge on any atom is 0.407 e. The number of alkyl carbamates (subject to hydrolysis) is 1. The van der Waals surface area contributed by atoms with E-state index in [1.54, 1.807) is 0 Å². The highest BCUT2D eigenvalue weighted by atomic mass is 16.6. The van der Waals surface area contributed by atoms with Gasteiger partial charge < -0.3 is 31.8 Å². The third kappa shape index (κ3) is 22.2. The first-order valence-electron chi connectivity index (χ1n) is 10.7. The summed E-state index contributed by atoms with van der Waals surface area (Å²) in [6, 6.07) is 0. The van der Waals surface area contributed by atoms with E-state index in [9.17, 15) is 9.59 Å². The highest BCUT2D eigenvalue weighted by Crippen LogP contribution is 2.04. The van der Waals surface area contributed by atoms with E-state index in [4.69, 9.17) is 16.3 Å². The molecular formula is C19H41N7O3. The van der Waals surface area contributed by atoms with Gasteiger partial charge in [0, 0.05) is 19.6 Å². The summed E-state index contributed by atoms with van der Waals surface area (Å²) < 4.78 is 4.90. The summed E-state index contributed by atoms with van der Waals surface area (Å²) in [5, 5.41) is 8.68. The number of hydrogen-bond donors (Lipinski definition) is 6. The van der Waals surface area contributed by atoms with E-state index >= 15 is 0 Å². The van der Waals surface area contributed by atoms with Gasteiger partial charge in [-0.25, -0.2) is 10.6 Å². The van der Waals surface area contributed by atoms with Crippen molar-refractivity contribution in [1.82, 2.24) is 21.4 Å². The lowest BCUT2D eigenvalue weighted by molar-refractivity contribution is -0.123. The minimum absolute atomic E-state index is 0.245. The summed E-state index contributed by atoms with van der Waals surface area (Å²) in [6.45, 7) is 4.21. The van der Waals surface area contributed by atoms with Crippen LogP contribution < -0.4 is 33.0 Å². The number of carbonyl (C=O) groups excluding carboxylic acids is 2. The molecule has 0 atom stereocenters. The lowest BCUT2D eigenvalue weighted by atomic mass is 10.1. The van der Waals surface area contributed by atoms with Crippen LogP contribution in [0.2, 0.25) is 0 Å². The molecule has 2 amide bonds. The maximum absolute atomic E-state index is 11.6. The highest BCUT2D eigenvalue weighted by molar-refractivity contribution is 5.79. The van der Waals surface area contributed by atoms with Crippen molar-refractivity contribution in [3.05, 3.63) is 0 Å². The molecule has 0 unspecified atom stereocenters. The fourth-order valence-corrected chi connectivity index (χ4v) is 2.53. The summed E-state index contributed by atoms with van der Waals surface area (Å²) in [7, 11) is 0. The van der Waals surface area contributed by atoms with Crippen molar-refractivity contribution in [2.75, 3.05) is 45.9 Å². The number of hydrazine groups is 1. The molecule has 0 aromatic rings. The Morgan fingerprint density at radius 1 is 0.828 bits per heavy atom. The van der Waals surface area contributed by atoms with Crippen LogP contribution in [0.4, 0.5) is 4.79 Å². The van der Waals surface area contributed by atoms with Gasteiger partial charge in [0.2, 0.25) is 0 Å². The second-order valence-corrected chi connectivity index (χ2v) is 6.78. The van der Waals surface area contributed by atoms with Crippen LogP contribution in [0, 0.1) is 0 Å². The van der Waals surface area contributed by atoms with Crippen LogP contribution in [0.3, 0.4) is 0 Å². The Kier molecular flexibility index (Phi) is 20.9. The van der Waals surface area contributed by atoms with Crippen molar-refractivity contribution >= 4 is 18.3 Å². The molecule has 0 aliphatic heterocycles. The molecule has 0 bridgehead atoms. The number of nitrogens with zero attached hydrogens (tertiary/aromatic N) is 1. The molecule has 0 saturated carbocycles. The summed E-state index contributed by atoms with van der Waals surface area (Å²) >= 11 is 0. The lowest BCUT2D eigenvalue weighted by Gasteiger charge is -2.08. The number of nitrogens with one attached hydrogen (secondary N) is 4. The third-order valence-electron chi connectivity index (χ3n) is 4.14. The van der Waals surface area contributed by atoms with E-state index in [2.05, 4.69) is 26.4 Å². The molecule has 0 heterocycles. The molecule has 10 heteroatoms. The van der Waals surface area contributed by atoms with Gasteiger partial charge in [-0.3, -0.25) is 9.79 Å². The normalized spacial score (nSPS) is 10.8. The number of nitrogens with two attached hydrogens (primary N) is 2. The zero-order valence-electron chi connectivity index (χ0n) is 17.7. The summed E-state index contributed by atoms with van der Waals surface area (Å²) in [5.74, 6) is 4.81. The minimum atomic E-state index is -0.553. The van der Waals surface area contributed by atoms with Gasteiger partial charge in [0.25, 0.3) is 5.91 Å². The van der Waals surface area contributed by atoms with E-state index in [0.717, 1.165) is 77.4 Å². The molecule has 0 aromatic carbocycles. The van der Waals surface area contributed by atoms with Crippen LogP contribution in [-0.4, -0.2) is 64.2 Å². The summed E-state index contributed by atoms with van der Waals surface area (Å²) in [5.41, 5.74) is 7.78. The molecule has 0 radical (unpaired) electrons. The van der Waals surface area contributed by atoms with Crippen molar-refractivity contribution in [1.29, 1.82) is 0 Å². The largest absolute Gasteiger partial charge is 0.439 e. The van der Waals surface area contributed by atoms with Gasteiger partial charge in [-0.1, -0.05) is 25.7 Å². The van der Waals surface area contributed by atoms with Crippen LogP contribution in [-0.2, 0) is 9.53 Å². The summed E-state index contributed by atoms with van der Waals surface area (Å²) in [6.07, 6.45) is 10.2. The number of carbonyl (C=O) groups is 2. The van der Waals surface area contributed by atoms with Crippen LogP contribution in [0.5, 0.6) is 0 Å². The molecule has 0 saturated heterocycles. The van der Waals surface area contributed by atoms with E-state index in [0.29, 0.717) is 19.6 Å². The van der Waals surface area contributed by atoms with Crippen molar-refractivity contribution in [2.45, 2.75) is 57.8 Å². The number of hydrogen-bond acceptors (Lipinski definition) is 7. The number of ether oxygens (including phenoxy) is 1. The molecule has 0 spiro atoms. The molecular weight excluding hydrogens is 374 g/mol. The van der Waals surface area contributed by atoms with E-state index < -0.39 is 6.09 Å². The first-order valence-corrected chi connectivity index (χ1v) is 10.7. The quantitative estimate of drug-likeness (QED) is 0.0552. The summed E-state index contributed by atoms with van der Waals surface area (Å²) in [4.78, 5) is 27.2. The Balaban J connectivity index is 3.33. The maximum atomic E-state index is 11.6. The second-order valence-electron chi connectivity index (χ2n) is 6.78. The van der Waals surface area contributed by atoms with E-state index in [1.807, 2.05) is 0 Å². The molecule has 0 aliphatic carbocycles. The average Bonchev–Trinajstić information content (AvgIpc) is 2.72. The molecule has 8 N–H and O–H groups in total. The monoisotopic (exact) mass is 415 g/mol. The average molecular weight is 416 g/mol. The molecule has 0 aliphatic rings. The molecule has 10 nitrogen and oxygen atoms in total. The predicted molar refractivity (Wildman–Crippen MR) is 117 cm³/mol. The fraction of sp³-hybridized carbons (Fsp3) is 0.842. The Hall–Kier alpha value is -1.91. The van der Waals surface area contributed by atoms with Gasteiger partial charge in [0.15, 0.2) is 6.61 Å². The van der Waals surface area contributed by atoms with Gasteiger partial charge in [-0.15, -0.1) is 0 Å². The molecule has 0 rings (SSSR count). The Labute approximate surface area is 174 Å². The molecule has 0 aromatic heterocycles. The highest BCUT2D eigenvalue weighted by Gasteiger charge is 2.06. The number of amides is 2. The Morgan fingerprint density at radius 2 is 1.45 bits per heavy atom. The van der Waals surface area contributed by atoms with Crippen LogP contribution in [0.25, 0.3) is 0 Å². The van der Waals surface area contributed by atoms with Gasteiger partial charge in [-0.05, 0) is 51.7 Å². The van der Waals surface area contributed by atoms with Gasteiger partial charge in [0.1, 0.15) is 0 Å². The fourth-order valence-electron chi connectivity index (χ4n) is 2.53. The zero-order chi connectivity index (χ0) is 21.4. The molecule has 29 heavy (non-hydrogen) atoms. The van der Waals surface area contributed by atoms with Crippen molar-refractivity contribution in [3.8, 4) is 0 Å². The van der Waals surface area contributed by atoms with Gasteiger partial charge >= 0.3 is 6.09 Å². The SMILES string of the molecule is NCCCNCCCCNC(=O)OCC(=O)NCCCCCCCCN=CNN. The minimum Gasteiger partial charge on any atom is -0.439 e. The molecule has 170 valence electrons. The predicted octanol–water partition coefficient (Wildman–Crippen LogP) is 0.380. The standard InChI is InChI=1S/C19H41N7O3/c20-10-9-13-22-11-7-8-15-25-19(28)29-16-18(27)24-14-6-4-2-1-3-5-12-23-17-26-21/h17,22H,1-16,20-21H2,(H,23,26)(H,24,27)(H,25,28). The Morgan fingerprint density at radius 3 is 2.21 bits per heavy atom. The second kappa shape index (κ2) is 22.4. The van der Waals surface area contributed by atoms with Crippen LogP contribution in [0.15, 0.2) is 4.99 Å². The Bertz CT molecular complexity index is 423. The molecule has 0 fully saturated rings. The van der Waals surface area contributed by atoms with E-state index in [1.165, 1.54) is 6.34 Å². The van der Waals surface area contributed by atoms with Crippen molar-refractivity contribution in [2.24, 2.45) is 16.6 Å². The van der Waals surface area contributed by atoms with E-state index in [-0.39, 0.29) is 12.5 Å². The first-order chi connectivity index (χ1) is 14.2. The number of rotatable bonds is 20. The smallest absolute Gasteiger partial charge is 0.407 e. The van der Waals surface area contributed by atoms with Crippen LogP contribution in [0.1, 0.15) is 57.8 Å². The number of aliphatic imine (C=N–C) groups is 1. The number of unbranched alkanes of at least 4 members (excludes halogenated alkanes) is 6.